The summed E-state index contributed by atoms with van der Waals surface area (Å²) < 4.78 is 5.24. The number of carboxylic acids is 1. The van der Waals surface area contributed by atoms with Crippen LogP contribution in [-0.2, 0) is 11.3 Å². The summed E-state index contributed by atoms with van der Waals surface area (Å²) in [4.78, 5) is 13.0. The molecule has 0 saturated carbocycles. The third-order valence-electron chi connectivity index (χ3n) is 2.81. The number of furan rings is 1. The van der Waals surface area contributed by atoms with Gasteiger partial charge in [0.1, 0.15) is 5.76 Å². The van der Waals surface area contributed by atoms with Crippen molar-refractivity contribution in [3.8, 4) is 0 Å². The zero-order chi connectivity index (χ0) is 10.7. The van der Waals surface area contributed by atoms with Crippen LogP contribution in [0, 0.1) is 5.92 Å². The van der Waals surface area contributed by atoms with Gasteiger partial charge in [-0.1, -0.05) is 0 Å². The molecule has 4 nitrogen and oxygen atoms in total. The van der Waals surface area contributed by atoms with Crippen LogP contribution in [0.1, 0.15) is 18.6 Å². The molecule has 1 aromatic heterocycles. The van der Waals surface area contributed by atoms with Crippen molar-refractivity contribution in [3.05, 3.63) is 24.2 Å². The molecule has 0 aliphatic carbocycles. The lowest BCUT2D eigenvalue weighted by Crippen LogP contribution is -2.38. The highest BCUT2D eigenvalue weighted by Gasteiger charge is 2.25. The second-order valence-electron chi connectivity index (χ2n) is 3.99. The number of carbonyl (C=O) groups is 1. The third kappa shape index (κ3) is 3.25. The van der Waals surface area contributed by atoms with Crippen molar-refractivity contribution in [2.45, 2.75) is 19.4 Å². The van der Waals surface area contributed by atoms with Crippen LogP contribution in [-0.4, -0.2) is 29.1 Å². The Balaban J connectivity index is 0.00000128. The lowest BCUT2D eigenvalue weighted by Gasteiger charge is -2.29. The molecule has 0 radical (unpaired) electrons. The summed E-state index contributed by atoms with van der Waals surface area (Å²) in [7, 11) is 0. The molecule has 0 spiro atoms. The number of hydrogen-bond acceptors (Lipinski definition) is 3. The molecule has 1 atom stereocenters. The first-order valence-corrected chi connectivity index (χ1v) is 5.23. The van der Waals surface area contributed by atoms with Crippen LogP contribution >= 0.6 is 12.4 Å². The van der Waals surface area contributed by atoms with Crippen LogP contribution in [0.15, 0.2) is 22.8 Å². The van der Waals surface area contributed by atoms with Gasteiger partial charge in [-0.3, -0.25) is 9.69 Å². The van der Waals surface area contributed by atoms with E-state index in [1.807, 2.05) is 12.1 Å². The van der Waals surface area contributed by atoms with Crippen molar-refractivity contribution < 1.29 is 14.3 Å². The minimum atomic E-state index is -0.681. The Morgan fingerprint density at radius 2 is 2.44 bits per heavy atom. The minimum absolute atomic E-state index is 0. The van der Waals surface area contributed by atoms with Crippen molar-refractivity contribution in [1.82, 2.24) is 4.90 Å². The average Bonchev–Trinajstić information content (AvgIpc) is 2.71. The fourth-order valence-electron chi connectivity index (χ4n) is 2.02. The molecule has 16 heavy (non-hydrogen) atoms. The van der Waals surface area contributed by atoms with Gasteiger partial charge in [-0.15, -0.1) is 12.4 Å². The maximum absolute atomic E-state index is 10.9. The van der Waals surface area contributed by atoms with Crippen LogP contribution in [0.25, 0.3) is 0 Å². The molecule has 2 rings (SSSR count). The fourth-order valence-corrected chi connectivity index (χ4v) is 2.02. The molecular weight excluding hydrogens is 230 g/mol. The lowest BCUT2D eigenvalue weighted by molar-refractivity contribution is -0.143. The number of likely N-dealkylation sites (tertiary alicyclic amines) is 1. The first kappa shape index (κ1) is 13.1. The SMILES string of the molecule is Cl.O=C(O)C1CCCN(Cc2ccco2)C1. The molecule has 1 aromatic rings. The molecule has 5 heteroatoms. The van der Waals surface area contributed by atoms with Gasteiger partial charge in [0.25, 0.3) is 0 Å². The first-order valence-electron chi connectivity index (χ1n) is 5.23. The van der Waals surface area contributed by atoms with Gasteiger partial charge in [0.15, 0.2) is 0 Å². The molecule has 1 saturated heterocycles. The Kier molecular flexibility index (Phi) is 4.83. The van der Waals surface area contributed by atoms with E-state index in [9.17, 15) is 4.79 Å². The van der Waals surface area contributed by atoms with E-state index in [-0.39, 0.29) is 18.3 Å². The van der Waals surface area contributed by atoms with Crippen molar-refractivity contribution in [3.63, 3.8) is 0 Å². The highest BCUT2D eigenvalue weighted by Crippen LogP contribution is 2.18. The van der Waals surface area contributed by atoms with Gasteiger partial charge in [0, 0.05) is 6.54 Å². The first-order chi connectivity index (χ1) is 7.25. The summed E-state index contributed by atoms with van der Waals surface area (Å²) in [5.41, 5.74) is 0. The zero-order valence-corrected chi connectivity index (χ0v) is 9.78. The molecule has 1 aliphatic rings. The van der Waals surface area contributed by atoms with E-state index in [0.29, 0.717) is 6.54 Å². The highest BCUT2D eigenvalue weighted by atomic mass is 35.5. The number of aliphatic carboxylic acids is 1. The Hall–Kier alpha value is -1.00. The average molecular weight is 246 g/mol. The topological polar surface area (TPSA) is 53.7 Å². The second-order valence-corrected chi connectivity index (χ2v) is 3.99. The number of piperidine rings is 1. The predicted molar refractivity (Wildman–Crippen MR) is 61.6 cm³/mol. The Bertz CT molecular complexity index is 326. The molecule has 0 amide bonds. The number of carboxylic acid groups (broad SMARTS) is 1. The van der Waals surface area contributed by atoms with E-state index in [1.165, 1.54) is 0 Å². The normalized spacial score (nSPS) is 21.4. The van der Waals surface area contributed by atoms with Gasteiger partial charge < -0.3 is 9.52 Å². The smallest absolute Gasteiger partial charge is 0.307 e. The van der Waals surface area contributed by atoms with Crippen LogP contribution in [0.2, 0.25) is 0 Å². The molecule has 0 aromatic carbocycles. The molecule has 0 bridgehead atoms. The highest BCUT2D eigenvalue weighted by molar-refractivity contribution is 5.85. The van der Waals surface area contributed by atoms with Gasteiger partial charge in [0.05, 0.1) is 18.7 Å². The van der Waals surface area contributed by atoms with E-state index < -0.39 is 5.97 Å². The Labute approximate surface area is 101 Å². The fraction of sp³-hybridized carbons (Fsp3) is 0.545. The Morgan fingerprint density at radius 1 is 1.62 bits per heavy atom. The van der Waals surface area contributed by atoms with Gasteiger partial charge in [0.2, 0.25) is 0 Å². The summed E-state index contributed by atoms with van der Waals surface area (Å²) in [5, 5.41) is 8.93. The quantitative estimate of drug-likeness (QED) is 0.885. The summed E-state index contributed by atoms with van der Waals surface area (Å²) in [6, 6.07) is 3.78. The summed E-state index contributed by atoms with van der Waals surface area (Å²) in [6.07, 6.45) is 3.40. The van der Waals surface area contributed by atoms with E-state index in [1.54, 1.807) is 6.26 Å². The maximum Gasteiger partial charge on any atom is 0.307 e. The molecular formula is C11H16ClNO3. The molecule has 90 valence electrons. The second kappa shape index (κ2) is 5.92. The predicted octanol–water partition coefficient (Wildman–Crippen LogP) is 2.00. The summed E-state index contributed by atoms with van der Waals surface area (Å²) in [6.45, 7) is 2.32. The van der Waals surface area contributed by atoms with Gasteiger partial charge in [-0.25, -0.2) is 0 Å². The maximum atomic E-state index is 10.9. The Morgan fingerprint density at radius 3 is 3.06 bits per heavy atom. The monoisotopic (exact) mass is 245 g/mol. The number of hydrogen-bond donors (Lipinski definition) is 1. The number of nitrogens with zero attached hydrogens (tertiary/aromatic N) is 1. The van der Waals surface area contributed by atoms with Crippen LogP contribution in [0.3, 0.4) is 0 Å². The molecule has 1 aliphatic heterocycles. The van der Waals surface area contributed by atoms with Crippen molar-refractivity contribution in [2.24, 2.45) is 5.92 Å². The van der Waals surface area contributed by atoms with Crippen molar-refractivity contribution >= 4 is 18.4 Å². The van der Waals surface area contributed by atoms with Gasteiger partial charge in [-0.2, -0.15) is 0 Å². The van der Waals surface area contributed by atoms with Crippen molar-refractivity contribution in [1.29, 1.82) is 0 Å². The van der Waals surface area contributed by atoms with Gasteiger partial charge in [-0.05, 0) is 31.5 Å². The standard InChI is InChI=1S/C11H15NO3.ClH/c13-11(14)9-3-1-5-12(7-9)8-10-4-2-6-15-10;/h2,4,6,9H,1,3,5,7-8H2,(H,13,14);1H. The molecule has 1 fully saturated rings. The van der Waals surface area contributed by atoms with Crippen molar-refractivity contribution in [2.75, 3.05) is 13.1 Å². The summed E-state index contributed by atoms with van der Waals surface area (Å²) in [5.74, 6) is 0.00824. The van der Waals surface area contributed by atoms with E-state index >= 15 is 0 Å². The van der Waals surface area contributed by atoms with E-state index in [2.05, 4.69) is 4.90 Å². The zero-order valence-electron chi connectivity index (χ0n) is 8.96. The van der Waals surface area contributed by atoms with E-state index in [0.717, 1.165) is 31.7 Å². The molecule has 1 unspecified atom stereocenters. The third-order valence-corrected chi connectivity index (χ3v) is 2.81. The lowest BCUT2D eigenvalue weighted by atomic mass is 9.98. The van der Waals surface area contributed by atoms with E-state index in [4.69, 9.17) is 9.52 Å². The number of rotatable bonds is 3. The van der Waals surface area contributed by atoms with Crippen LogP contribution < -0.4 is 0 Å². The molecule has 1 N–H and O–H groups in total. The van der Waals surface area contributed by atoms with Crippen LogP contribution in [0.5, 0.6) is 0 Å². The largest absolute Gasteiger partial charge is 0.481 e. The minimum Gasteiger partial charge on any atom is -0.481 e. The molecule has 2 heterocycles. The summed E-state index contributed by atoms with van der Waals surface area (Å²) >= 11 is 0. The number of halogens is 1. The van der Waals surface area contributed by atoms with Crippen LogP contribution in [0.4, 0.5) is 0 Å². The van der Waals surface area contributed by atoms with Gasteiger partial charge >= 0.3 is 5.97 Å².